The van der Waals surface area contributed by atoms with Gasteiger partial charge in [0.25, 0.3) is 0 Å². The van der Waals surface area contributed by atoms with Crippen LogP contribution in [0.3, 0.4) is 0 Å². The Morgan fingerprint density at radius 1 is 1.50 bits per heavy atom. The lowest BCUT2D eigenvalue weighted by atomic mass is 10.3. The van der Waals surface area contributed by atoms with E-state index in [0.29, 0.717) is 6.54 Å². The molecule has 1 aromatic heterocycles. The van der Waals surface area contributed by atoms with E-state index >= 15 is 0 Å². The number of rotatable bonds is 3. The smallest absolute Gasteiger partial charge is 0.242 e. The van der Waals surface area contributed by atoms with Crippen molar-refractivity contribution in [2.75, 3.05) is 26.2 Å². The first-order valence-corrected chi connectivity index (χ1v) is 5.79. The second-order valence-electron chi connectivity index (χ2n) is 3.96. The van der Waals surface area contributed by atoms with Crippen molar-refractivity contribution >= 4 is 5.91 Å². The summed E-state index contributed by atoms with van der Waals surface area (Å²) < 4.78 is 1.93. The fourth-order valence-corrected chi connectivity index (χ4v) is 1.96. The minimum atomic E-state index is 0.189. The molecule has 1 saturated heterocycles. The lowest BCUT2D eigenvalue weighted by Gasteiger charge is -2.27. The molecule has 0 saturated carbocycles. The number of carbonyl (C=O) groups excluding carboxylic acids is 1. The summed E-state index contributed by atoms with van der Waals surface area (Å²) >= 11 is 0. The van der Waals surface area contributed by atoms with Crippen LogP contribution in [-0.2, 0) is 17.8 Å². The predicted molar refractivity (Wildman–Crippen MR) is 61.1 cm³/mol. The number of hydrogen-bond donors (Lipinski definition) is 1. The largest absolute Gasteiger partial charge is 0.339 e. The first-order valence-electron chi connectivity index (χ1n) is 5.79. The molecule has 2 rings (SSSR count). The number of aryl methyl sites for hydroxylation is 1. The Hall–Kier alpha value is -1.36. The fourth-order valence-electron chi connectivity index (χ4n) is 1.96. The van der Waals surface area contributed by atoms with Crippen molar-refractivity contribution in [3.8, 4) is 0 Å². The number of aromatic nitrogens is 2. The first kappa shape index (κ1) is 11.1. The van der Waals surface area contributed by atoms with Gasteiger partial charge in [-0.1, -0.05) is 6.92 Å². The maximum absolute atomic E-state index is 12.0. The highest BCUT2D eigenvalue weighted by molar-refractivity contribution is 5.76. The summed E-state index contributed by atoms with van der Waals surface area (Å²) in [5.41, 5.74) is 0. The highest BCUT2D eigenvalue weighted by Gasteiger charge is 2.16. The summed E-state index contributed by atoms with van der Waals surface area (Å²) in [6, 6.07) is 0. The fraction of sp³-hybridized carbons (Fsp3) is 0.636. The summed E-state index contributed by atoms with van der Waals surface area (Å²) in [7, 11) is 0. The van der Waals surface area contributed by atoms with Gasteiger partial charge in [-0.3, -0.25) is 4.79 Å². The monoisotopic (exact) mass is 222 g/mol. The first-order chi connectivity index (χ1) is 7.81. The average Bonchev–Trinajstić information content (AvgIpc) is 2.77. The van der Waals surface area contributed by atoms with Crippen LogP contribution in [0.25, 0.3) is 0 Å². The summed E-state index contributed by atoms with van der Waals surface area (Å²) in [4.78, 5) is 18.1. The Bertz CT molecular complexity index is 355. The molecule has 0 spiro atoms. The Morgan fingerprint density at radius 3 is 2.94 bits per heavy atom. The van der Waals surface area contributed by atoms with E-state index in [1.165, 1.54) is 0 Å². The molecule has 1 aliphatic rings. The van der Waals surface area contributed by atoms with Crippen molar-refractivity contribution in [3.05, 3.63) is 18.2 Å². The minimum absolute atomic E-state index is 0.189. The molecule has 1 N–H and O–H groups in total. The van der Waals surface area contributed by atoms with Crippen LogP contribution in [0.5, 0.6) is 0 Å². The van der Waals surface area contributed by atoms with Crippen molar-refractivity contribution in [1.29, 1.82) is 0 Å². The van der Waals surface area contributed by atoms with Gasteiger partial charge in [-0.05, 0) is 0 Å². The summed E-state index contributed by atoms with van der Waals surface area (Å²) in [6.45, 7) is 5.90. The summed E-state index contributed by atoms with van der Waals surface area (Å²) in [5.74, 6) is 1.16. The molecule has 0 unspecified atom stereocenters. The van der Waals surface area contributed by atoms with Gasteiger partial charge in [-0.25, -0.2) is 4.98 Å². The van der Waals surface area contributed by atoms with E-state index in [-0.39, 0.29) is 5.91 Å². The third-order valence-corrected chi connectivity index (χ3v) is 2.89. The summed E-state index contributed by atoms with van der Waals surface area (Å²) in [6.07, 6.45) is 4.49. The molecule has 0 atom stereocenters. The van der Waals surface area contributed by atoms with Gasteiger partial charge in [-0.2, -0.15) is 0 Å². The highest BCUT2D eigenvalue weighted by atomic mass is 16.2. The van der Waals surface area contributed by atoms with Crippen LogP contribution in [0, 0.1) is 0 Å². The van der Waals surface area contributed by atoms with E-state index in [2.05, 4.69) is 10.3 Å². The van der Waals surface area contributed by atoms with Crippen molar-refractivity contribution in [2.45, 2.75) is 19.9 Å². The number of amides is 1. The van der Waals surface area contributed by atoms with Gasteiger partial charge in [0, 0.05) is 45.0 Å². The zero-order valence-corrected chi connectivity index (χ0v) is 9.65. The number of imidazole rings is 1. The van der Waals surface area contributed by atoms with Crippen LogP contribution in [0.2, 0.25) is 0 Å². The van der Waals surface area contributed by atoms with Crippen LogP contribution >= 0.6 is 0 Å². The predicted octanol–water partition coefficient (Wildman–Crippen LogP) is -0.123. The molecule has 1 amide bonds. The average molecular weight is 222 g/mol. The third kappa shape index (κ3) is 2.41. The van der Waals surface area contributed by atoms with Gasteiger partial charge in [-0.15, -0.1) is 0 Å². The quantitative estimate of drug-likeness (QED) is 0.775. The molecule has 5 nitrogen and oxygen atoms in total. The van der Waals surface area contributed by atoms with E-state index in [1.54, 1.807) is 6.20 Å². The van der Waals surface area contributed by atoms with Crippen molar-refractivity contribution in [1.82, 2.24) is 19.8 Å². The SMILES string of the molecule is CCc1nccn1CC(=O)N1CCNCC1. The number of carbonyl (C=O) groups is 1. The standard InChI is InChI=1S/C11H18N4O/c1-2-10-13-5-8-15(10)9-11(16)14-6-3-12-4-7-14/h5,8,12H,2-4,6-7,9H2,1H3. The van der Waals surface area contributed by atoms with Gasteiger partial charge in [0.2, 0.25) is 5.91 Å². The molecular formula is C11H18N4O. The normalized spacial score (nSPS) is 16.4. The number of piperazine rings is 1. The van der Waals surface area contributed by atoms with Crippen LogP contribution < -0.4 is 5.32 Å². The van der Waals surface area contributed by atoms with Crippen LogP contribution in [-0.4, -0.2) is 46.5 Å². The molecular weight excluding hydrogens is 204 g/mol. The van der Waals surface area contributed by atoms with E-state index in [1.807, 2.05) is 22.6 Å². The lowest BCUT2D eigenvalue weighted by Crippen LogP contribution is -2.47. The minimum Gasteiger partial charge on any atom is -0.339 e. The van der Waals surface area contributed by atoms with Gasteiger partial charge < -0.3 is 14.8 Å². The second-order valence-corrected chi connectivity index (χ2v) is 3.96. The van der Waals surface area contributed by atoms with Gasteiger partial charge in [0.05, 0.1) is 0 Å². The molecule has 0 radical (unpaired) electrons. The van der Waals surface area contributed by atoms with E-state index < -0.39 is 0 Å². The molecule has 5 heteroatoms. The molecule has 0 aliphatic carbocycles. The van der Waals surface area contributed by atoms with E-state index in [9.17, 15) is 4.79 Å². The molecule has 1 fully saturated rings. The number of nitrogens with zero attached hydrogens (tertiary/aromatic N) is 3. The number of hydrogen-bond acceptors (Lipinski definition) is 3. The maximum atomic E-state index is 12.0. The maximum Gasteiger partial charge on any atom is 0.242 e. The highest BCUT2D eigenvalue weighted by Crippen LogP contribution is 2.01. The Labute approximate surface area is 95.5 Å². The van der Waals surface area contributed by atoms with Crippen LogP contribution in [0.4, 0.5) is 0 Å². The zero-order valence-electron chi connectivity index (χ0n) is 9.65. The van der Waals surface area contributed by atoms with Crippen molar-refractivity contribution in [2.24, 2.45) is 0 Å². The molecule has 16 heavy (non-hydrogen) atoms. The lowest BCUT2D eigenvalue weighted by molar-refractivity contribution is -0.132. The van der Waals surface area contributed by atoms with Crippen LogP contribution in [0.1, 0.15) is 12.7 Å². The van der Waals surface area contributed by atoms with Gasteiger partial charge in [0.15, 0.2) is 0 Å². The molecule has 88 valence electrons. The van der Waals surface area contributed by atoms with Crippen LogP contribution in [0.15, 0.2) is 12.4 Å². The number of nitrogens with one attached hydrogen (secondary N) is 1. The van der Waals surface area contributed by atoms with E-state index in [0.717, 1.165) is 38.4 Å². The Balaban J connectivity index is 1.95. The van der Waals surface area contributed by atoms with E-state index in [4.69, 9.17) is 0 Å². The molecule has 2 heterocycles. The van der Waals surface area contributed by atoms with Crippen molar-refractivity contribution < 1.29 is 4.79 Å². The molecule has 0 bridgehead atoms. The zero-order chi connectivity index (χ0) is 11.4. The summed E-state index contributed by atoms with van der Waals surface area (Å²) in [5, 5.41) is 3.24. The molecule has 1 aromatic rings. The second kappa shape index (κ2) is 5.12. The molecule has 1 aliphatic heterocycles. The third-order valence-electron chi connectivity index (χ3n) is 2.89. The topological polar surface area (TPSA) is 50.2 Å². The van der Waals surface area contributed by atoms with Gasteiger partial charge in [0.1, 0.15) is 12.4 Å². The van der Waals surface area contributed by atoms with Crippen molar-refractivity contribution in [3.63, 3.8) is 0 Å². The van der Waals surface area contributed by atoms with Gasteiger partial charge >= 0.3 is 0 Å². The molecule has 0 aromatic carbocycles. The Morgan fingerprint density at radius 2 is 2.25 bits per heavy atom. The Kier molecular flexibility index (Phi) is 3.56.